The van der Waals surface area contributed by atoms with E-state index >= 15 is 0 Å². The van der Waals surface area contributed by atoms with Crippen LogP contribution in [0.3, 0.4) is 0 Å². The Labute approximate surface area is 134 Å². The van der Waals surface area contributed by atoms with E-state index in [1.807, 2.05) is 24.3 Å². The second-order valence-electron chi connectivity index (χ2n) is 6.07. The predicted octanol–water partition coefficient (Wildman–Crippen LogP) is 2.14. The third-order valence-corrected chi connectivity index (χ3v) is 4.42. The van der Waals surface area contributed by atoms with Crippen molar-refractivity contribution < 1.29 is 4.79 Å². The second-order valence-corrected chi connectivity index (χ2v) is 6.07. The minimum absolute atomic E-state index is 0.227. The maximum Gasteiger partial charge on any atom is 0.163 e. The lowest BCUT2D eigenvalue weighted by Crippen LogP contribution is -2.46. The van der Waals surface area contributed by atoms with E-state index in [4.69, 9.17) is 5.73 Å². The first kappa shape index (κ1) is 17.1. The molecule has 2 N–H and O–H groups in total. The average Bonchev–Trinajstić information content (AvgIpc) is 2.56. The fraction of sp³-hybridized carbons (Fsp3) is 0.611. The molecule has 4 nitrogen and oxygen atoms in total. The van der Waals surface area contributed by atoms with Crippen molar-refractivity contribution in [1.29, 1.82) is 0 Å². The van der Waals surface area contributed by atoms with E-state index in [0.29, 0.717) is 13.0 Å². The van der Waals surface area contributed by atoms with Gasteiger partial charge in [-0.3, -0.25) is 4.79 Å². The molecule has 1 saturated heterocycles. The lowest BCUT2D eigenvalue weighted by atomic mass is 10.0. The Morgan fingerprint density at radius 3 is 2.36 bits per heavy atom. The van der Waals surface area contributed by atoms with Crippen molar-refractivity contribution in [3.63, 3.8) is 0 Å². The van der Waals surface area contributed by atoms with Gasteiger partial charge in [-0.25, -0.2) is 0 Å². The molecule has 1 heterocycles. The van der Waals surface area contributed by atoms with Crippen molar-refractivity contribution in [2.45, 2.75) is 32.7 Å². The molecular weight excluding hydrogens is 274 g/mol. The summed E-state index contributed by atoms with van der Waals surface area (Å²) in [7, 11) is 0. The van der Waals surface area contributed by atoms with Gasteiger partial charge in [0, 0.05) is 44.7 Å². The maximum atomic E-state index is 12.3. The molecule has 0 saturated carbocycles. The van der Waals surface area contributed by atoms with Crippen LogP contribution in [0.2, 0.25) is 0 Å². The van der Waals surface area contributed by atoms with Crippen LogP contribution in [0.15, 0.2) is 24.3 Å². The highest BCUT2D eigenvalue weighted by atomic mass is 16.1. The Balaban J connectivity index is 1.72. The molecule has 4 heteroatoms. The normalized spacial score (nSPS) is 16.8. The SMILES string of the molecule is CCCN1CCN(CCCC(=O)c2ccccc2CN)CC1. The minimum atomic E-state index is 0.227. The number of benzene rings is 1. The third-order valence-electron chi connectivity index (χ3n) is 4.42. The van der Waals surface area contributed by atoms with Crippen LogP contribution in [0.1, 0.15) is 42.1 Å². The van der Waals surface area contributed by atoms with Crippen LogP contribution in [0.4, 0.5) is 0 Å². The second kappa shape index (κ2) is 9.03. The number of hydrogen-bond acceptors (Lipinski definition) is 4. The van der Waals surface area contributed by atoms with Crippen LogP contribution in [0.5, 0.6) is 0 Å². The van der Waals surface area contributed by atoms with Crippen LogP contribution < -0.4 is 5.73 Å². The van der Waals surface area contributed by atoms with Crippen LogP contribution in [-0.4, -0.2) is 54.9 Å². The van der Waals surface area contributed by atoms with Crippen molar-refractivity contribution in [1.82, 2.24) is 9.80 Å². The Morgan fingerprint density at radius 2 is 1.73 bits per heavy atom. The molecule has 1 aliphatic heterocycles. The van der Waals surface area contributed by atoms with Gasteiger partial charge in [0.1, 0.15) is 0 Å². The number of nitrogens with two attached hydrogens (primary N) is 1. The Morgan fingerprint density at radius 1 is 1.09 bits per heavy atom. The summed E-state index contributed by atoms with van der Waals surface area (Å²) >= 11 is 0. The molecule has 1 aliphatic rings. The van der Waals surface area contributed by atoms with E-state index in [-0.39, 0.29) is 5.78 Å². The molecule has 0 spiro atoms. The first-order chi connectivity index (χ1) is 10.7. The summed E-state index contributed by atoms with van der Waals surface area (Å²) in [6, 6.07) is 7.70. The number of Topliss-reactive ketones (excluding diaryl/α,β-unsaturated/α-hetero) is 1. The lowest BCUT2D eigenvalue weighted by molar-refractivity contribution is 0.0961. The van der Waals surface area contributed by atoms with Gasteiger partial charge in [0.05, 0.1) is 0 Å². The van der Waals surface area contributed by atoms with Crippen LogP contribution in [0.25, 0.3) is 0 Å². The first-order valence-corrected chi connectivity index (χ1v) is 8.50. The van der Waals surface area contributed by atoms with Gasteiger partial charge in [-0.2, -0.15) is 0 Å². The summed E-state index contributed by atoms with van der Waals surface area (Å²) in [4.78, 5) is 17.3. The molecule has 1 aromatic carbocycles. The highest BCUT2D eigenvalue weighted by Crippen LogP contribution is 2.12. The van der Waals surface area contributed by atoms with Gasteiger partial charge < -0.3 is 15.5 Å². The van der Waals surface area contributed by atoms with Gasteiger partial charge in [0.15, 0.2) is 5.78 Å². The molecule has 0 aromatic heterocycles. The molecule has 0 unspecified atom stereocenters. The average molecular weight is 303 g/mol. The first-order valence-electron chi connectivity index (χ1n) is 8.50. The fourth-order valence-electron chi connectivity index (χ4n) is 3.12. The van der Waals surface area contributed by atoms with E-state index in [1.54, 1.807) is 0 Å². The van der Waals surface area contributed by atoms with Crippen molar-refractivity contribution in [2.24, 2.45) is 5.73 Å². The largest absolute Gasteiger partial charge is 0.326 e. The van der Waals surface area contributed by atoms with Crippen LogP contribution in [0, 0.1) is 0 Å². The molecule has 0 bridgehead atoms. The third kappa shape index (κ3) is 4.90. The minimum Gasteiger partial charge on any atom is -0.326 e. The number of hydrogen-bond donors (Lipinski definition) is 1. The molecule has 22 heavy (non-hydrogen) atoms. The highest BCUT2D eigenvalue weighted by molar-refractivity contribution is 5.97. The van der Waals surface area contributed by atoms with Gasteiger partial charge in [0.2, 0.25) is 0 Å². The topological polar surface area (TPSA) is 49.6 Å². The molecule has 0 atom stereocenters. The van der Waals surface area contributed by atoms with Crippen molar-refractivity contribution in [3.8, 4) is 0 Å². The van der Waals surface area contributed by atoms with Gasteiger partial charge in [0.25, 0.3) is 0 Å². The summed E-state index contributed by atoms with van der Waals surface area (Å²) in [6.45, 7) is 9.49. The summed E-state index contributed by atoms with van der Waals surface area (Å²) < 4.78 is 0. The number of nitrogens with zero attached hydrogens (tertiary/aromatic N) is 2. The summed E-state index contributed by atoms with van der Waals surface area (Å²) in [5.41, 5.74) is 7.47. The zero-order chi connectivity index (χ0) is 15.8. The smallest absolute Gasteiger partial charge is 0.163 e. The van der Waals surface area contributed by atoms with Gasteiger partial charge in [-0.15, -0.1) is 0 Å². The summed E-state index contributed by atoms with van der Waals surface area (Å²) in [5.74, 6) is 0.227. The molecule has 0 aliphatic carbocycles. The highest BCUT2D eigenvalue weighted by Gasteiger charge is 2.16. The van der Waals surface area contributed by atoms with E-state index in [0.717, 1.165) is 50.3 Å². The van der Waals surface area contributed by atoms with Gasteiger partial charge in [-0.1, -0.05) is 31.2 Å². The van der Waals surface area contributed by atoms with Crippen molar-refractivity contribution in [2.75, 3.05) is 39.3 Å². The van der Waals surface area contributed by atoms with E-state index in [1.165, 1.54) is 13.0 Å². The van der Waals surface area contributed by atoms with Gasteiger partial charge in [-0.05, 0) is 31.5 Å². The molecule has 2 rings (SSSR count). The quantitative estimate of drug-likeness (QED) is 0.748. The molecule has 1 fully saturated rings. The van der Waals surface area contributed by atoms with Crippen LogP contribution >= 0.6 is 0 Å². The number of ketones is 1. The molecule has 122 valence electrons. The van der Waals surface area contributed by atoms with E-state index in [2.05, 4.69) is 16.7 Å². The molecule has 1 aromatic rings. The number of piperazine rings is 1. The zero-order valence-corrected chi connectivity index (χ0v) is 13.8. The molecular formula is C18H29N3O. The molecule has 0 radical (unpaired) electrons. The van der Waals surface area contributed by atoms with Crippen molar-refractivity contribution in [3.05, 3.63) is 35.4 Å². The predicted molar refractivity (Wildman–Crippen MR) is 91.1 cm³/mol. The van der Waals surface area contributed by atoms with Crippen molar-refractivity contribution >= 4 is 5.78 Å². The summed E-state index contributed by atoms with van der Waals surface area (Å²) in [5, 5.41) is 0. The van der Waals surface area contributed by atoms with E-state index in [9.17, 15) is 4.79 Å². The summed E-state index contributed by atoms with van der Waals surface area (Å²) in [6.07, 6.45) is 2.78. The lowest BCUT2D eigenvalue weighted by Gasteiger charge is -2.34. The Hall–Kier alpha value is -1.23. The van der Waals surface area contributed by atoms with Gasteiger partial charge >= 0.3 is 0 Å². The zero-order valence-electron chi connectivity index (χ0n) is 13.8. The Bertz CT molecular complexity index is 467. The number of carbonyl (C=O) groups excluding carboxylic acids is 1. The monoisotopic (exact) mass is 303 g/mol. The maximum absolute atomic E-state index is 12.3. The Kier molecular flexibility index (Phi) is 7.03. The number of carbonyl (C=O) groups is 1. The molecule has 0 amide bonds. The fourth-order valence-corrected chi connectivity index (χ4v) is 3.12. The standard InChI is InChI=1S/C18H29N3O/c1-2-9-20-11-13-21(14-12-20)10-5-8-18(22)17-7-4-3-6-16(17)15-19/h3-4,6-7H,2,5,8-15,19H2,1H3. The number of rotatable bonds is 8. The van der Waals surface area contributed by atoms with Crippen LogP contribution in [-0.2, 0) is 6.54 Å². The van der Waals surface area contributed by atoms with E-state index < -0.39 is 0 Å².